The number of nitrogens with zero attached hydrogens (tertiary/aromatic N) is 7. The molecule has 0 amide bonds. The Hall–Kier alpha value is -4.07. The lowest BCUT2D eigenvalue weighted by molar-refractivity contribution is -0.000396. The van der Waals surface area contributed by atoms with Crippen molar-refractivity contribution >= 4 is 17.3 Å². The Labute approximate surface area is 233 Å². The van der Waals surface area contributed by atoms with Gasteiger partial charge in [0.25, 0.3) is 6.43 Å². The van der Waals surface area contributed by atoms with Crippen LogP contribution in [0.2, 0.25) is 0 Å². The molecular formula is C27H31F4N9O. The number of pyridine rings is 1. The van der Waals surface area contributed by atoms with Crippen molar-refractivity contribution < 1.29 is 22.7 Å². The summed E-state index contributed by atoms with van der Waals surface area (Å²) >= 11 is 0. The van der Waals surface area contributed by atoms with Crippen molar-refractivity contribution in [2.75, 3.05) is 10.6 Å². The lowest BCUT2D eigenvalue weighted by Gasteiger charge is -2.36. The molecule has 1 fully saturated rings. The molecular weight excluding hydrogens is 542 g/mol. The Morgan fingerprint density at radius 3 is 2.51 bits per heavy atom. The van der Waals surface area contributed by atoms with Crippen LogP contribution in [0.5, 0.6) is 0 Å². The molecule has 1 aliphatic carbocycles. The van der Waals surface area contributed by atoms with Crippen molar-refractivity contribution in [3.05, 3.63) is 49.2 Å². The monoisotopic (exact) mass is 573 g/mol. The SMILES string of the molecule is CC(C)(O)C1CCC(Nc2cc(Nc3ccnc(-c4cnn(CC(F)F)c4)n3)ncc2-c2ccn(C(F)F)n2)CC1. The first-order chi connectivity index (χ1) is 19.5. The average Bonchev–Trinajstić information content (AvgIpc) is 3.59. The van der Waals surface area contributed by atoms with Gasteiger partial charge in [-0.05, 0) is 57.6 Å². The van der Waals surface area contributed by atoms with E-state index in [4.69, 9.17) is 0 Å². The number of hydrogen-bond donors (Lipinski definition) is 3. The van der Waals surface area contributed by atoms with Crippen molar-refractivity contribution in [1.82, 2.24) is 34.5 Å². The molecule has 3 N–H and O–H groups in total. The lowest BCUT2D eigenvalue weighted by Crippen LogP contribution is -2.37. The van der Waals surface area contributed by atoms with Gasteiger partial charge in [0.2, 0.25) is 0 Å². The van der Waals surface area contributed by atoms with E-state index in [0.717, 1.165) is 30.4 Å². The zero-order valence-corrected chi connectivity index (χ0v) is 22.6. The second kappa shape index (κ2) is 11.8. The minimum Gasteiger partial charge on any atom is -0.390 e. The zero-order chi connectivity index (χ0) is 29.1. The van der Waals surface area contributed by atoms with Crippen LogP contribution in [-0.4, -0.2) is 57.7 Å². The Morgan fingerprint density at radius 1 is 1.05 bits per heavy atom. The molecule has 14 heteroatoms. The molecule has 10 nitrogen and oxygen atoms in total. The molecule has 4 aromatic rings. The van der Waals surface area contributed by atoms with E-state index in [1.165, 1.54) is 30.9 Å². The van der Waals surface area contributed by atoms with Crippen molar-refractivity contribution in [2.24, 2.45) is 5.92 Å². The van der Waals surface area contributed by atoms with Crippen LogP contribution in [0.25, 0.3) is 22.6 Å². The predicted molar refractivity (Wildman–Crippen MR) is 145 cm³/mol. The molecule has 5 rings (SSSR count). The Bertz CT molecular complexity index is 1460. The van der Waals surface area contributed by atoms with Gasteiger partial charge in [-0.25, -0.2) is 28.4 Å². The average molecular weight is 574 g/mol. The van der Waals surface area contributed by atoms with Crippen LogP contribution in [0, 0.1) is 5.92 Å². The van der Waals surface area contributed by atoms with Crippen molar-refractivity contribution in [1.29, 1.82) is 0 Å². The van der Waals surface area contributed by atoms with Gasteiger partial charge in [-0.1, -0.05) is 0 Å². The summed E-state index contributed by atoms with van der Waals surface area (Å²) < 4.78 is 53.5. The standard InChI is InChI=1S/C27H31F4N9O/c1-27(2,41)17-3-5-18(6-4-17)35-21-11-24(33-13-19(21)20-8-10-40(38-20)26(30)31)36-23-7-9-32-25(37-23)16-12-34-39(14-16)15-22(28)29/h7-14,17-18,22,26,41H,3-6,15H2,1-2H3,(H2,32,33,35,36,37). The third-order valence-corrected chi connectivity index (χ3v) is 7.20. The molecule has 0 aromatic carbocycles. The maximum absolute atomic E-state index is 13.2. The Balaban J connectivity index is 1.38. The van der Waals surface area contributed by atoms with Crippen molar-refractivity contribution in [3.8, 4) is 22.6 Å². The Kier molecular flexibility index (Phi) is 8.20. The van der Waals surface area contributed by atoms with E-state index in [1.807, 2.05) is 13.8 Å². The summed E-state index contributed by atoms with van der Waals surface area (Å²) in [5.74, 6) is 1.35. The Morgan fingerprint density at radius 2 is 1.83 bits per heavy atom. The summed E-state index contributed by atoms with van der Waals surface area (Å²) in [5.41, 5.74) is 1.31. The third kappa shape index (κ3) is 6.99. The van der Waals surface area contributed by atoms with E-state index in [2.05, 4.69) is 35.8 Å². The van der Waals surface area contributed by atoms with Crippen LogP contribution in [-0.2, 0) is 6.54 Å². The molecule has 0 unspecified atom stereocenters. The van der Waals surface area contributed by atoms with Gasteiger partial charge in [0.15, 0.2) is 5.82 Å². The van der Waals surface area contributed by atoms with Gasteiger partial charge in [0.05, 0.1) is 23.1 Å². The zero-order valence-electron chi connectivity index (χ0n) is 22.6. The number of nitrogens with one attached hydrogen (secondary N) is 2. The van der Waals surface area contributed by atoms with E-state index >= 15 is 0 Å². The number of rotatable bonds is 10. The van der Waals surface area contributed by atoms with Crippen molar-refractivity contribution in [3.63, 3.8) is 0 Å². The summed E-state index contributed by atoms with van der Waals surface area (Å²) in [6.45, 7) is 0.370. The topological polar surface area (TPSA) is 119 Å². The summed E-state index contributed by atoms with van der Waals surface area (Å²) in [5, 5.41) is 25.0. The van der Waals surface area contributed by atoms with E-state index in [9.17, 15) is 22.7 Å². The van der Waals surface area contributed by atoms with E-state index < -0.39 is 25.1 Å². The molecule has 0 bridgehead atoms. The van der Waals surface area contributed by atoms with Gasteiger partial charge in [0, 0.05) is 48.1 Å². The molecule has 218 valence electrons. The van der Waals surface area contributed by atoms with Gasteiger partial charge < -0.3 is 15.7 Å². The summed E-state index contributed by atoms with van der Waals surface area (Å²) in [7, 11) is 0. The van der Waals surface area contributed by atoms with Crippen LogP contribution in [0.15, 0.2) is 49.2 Å². The predicted octanol–water partition coefficient (Wildman–Crippen LogP) is 5.74. The van der Waals surface area contributed by atoms with Gasteiger partial charge in [0.1, 0.15) is 18.2 Å². The van der Waals surface area contributed by atoms with Gasteiger partial charge in [-0.3, -0.25) is 4.68 Å². The van der Waals surface area contributed by atoms with Gasteiger partial charge >= 0.3 is 6.55 Å². The largest absolute Gasteiger partial charge is 0.390 e. The number of hydrogen-bond acceptors (Lipinski definition) is 8. The summed E-state index contributed by atoms with van der Waals surface area (Å²) in [4.78, 5) is 13.1. The highest BCUT2D eigenvalue weighted by Gasteiger charge is 2.31. The number of aliphatic hydroxyl groups is 1. The fraction of sp³-hybridized carbons (Fsp3) is 0.444. The number of alkyl halides is 4. The highest BCUT2D eigenvalue weighted by atomic mass is 19.3. The molecule has 4 aromatic heterocycles. The third-order valence-electron chi connectivity index (χ3n) is 7.20. The molecule has 1 aliphatic rings. The fourth-order valence-electron chi connectivity index (χ4n) is 5.02. The number of aromatic nitrogens is 7. The summed E-state index contributed by atoms with van der Waals surface area (Å²) in [6, 6.07) is 5.02. The van der Waals surface area contributed by atoms with E-state index in [0.29, 0.717) is 44.7 Å². The number of halogens is 4. The minimum atomic E-state index is -2.76. The van der Waals surface area contributed by atoms with Crippen LogP contribution in [0.4, 0.5) is 34.9 Å². The smallest absolute Gasteiger partial charge is 0.333 e. The molecule has 4 heterocycles. The quantitative estimate of drug-likeness (QED) is 0.206. The first kappa shape index (κ1) is 28.5. The van der Waals surface area contributed by atoms with Gasteiger partial charge in [-0.2, -0.15) is 19.0 Å². The minimum absolute atomic E-state index is 0.107. The first-order valence-corrected chi connectivity index (χ1v) is 13.3. The molecule has 0 radical (unpaired) electrons. The highest BCUT2D eigenvalue weighted by molar-refractivity contribution is 5.78. The second-order valence-electron chi connectivity index (χ2n) is 10.7. The van der Waals surface area contributed by atoms with E-state index in [-0.39, 0.29) is 12.0 Å². The summed E-state index contributed by atoms with van der Waals surface area (Å²) in [6.07, 6.45) is 8.01. The van der Waals surface area contributed by atoms with Crippen molar-refractivity contribution in [2.45, 2.75) is 70.7 Å². The van der Waals surface area contributed by atoms with E-state index in [1.54, 1.807) is 18.3 Å². The molecule has 0 spiro atoms. The number of anilines is 3. The maximum atomic E-state index is 13.2. The maximum Gasteiger partial charge on any atom is 0.333 e. The normalized spacial score (nSPS) is 17.8. The molecule has 0 saturated heterocycles. The fourth-order valence-corrected chi connectivity index (χ4v) is 5.02. The van der Waals surface area contributed by atoms with Crippen LogP contribution in [0.3, 0.4) is 0 Å². The van der Waals surface area contributed by atoms with Crippen LogP contribution < -0.4 is 10.6 Å². The molecule has 0 aliphatic heterocycles. The first-order valence-electron chi connectivity index (χ1n) is 13.3. The lowest BCUT2D eigenvalue weighted by atomic mass is 9.77. The highest BCUT2D eigenvalue weighted by Crippen LogP contribution is 2.36. The molecule has 0 atom stereocenters. The molecule has 1 saturated carbocycles. The van der Waals surface area contributed by atoms with Crippen LogP contribution >= 0.6 is 0 Å². The second-order valence-corrected chi connectivity index (χ2v) is 10.7. The van der Waals surface area contributed by atoms with Crippen LogP contribution in [0.1, 0.15) is 46.1 Å². The van der Waals surface area contributed by atoms with Gasteiger partial charge in [-0.15, -0.1) is 0 Å². The molecule has 41 heavy (non-hydrogen) atoms.